The number of carbonyl (C=O) groups is 1. The van der Waals surface area contributed by atoms with Crippen molar-refractivity contribution in [2.45, 2.75) is 45.1 Å². The fourth-order valence-electron chi connectivity index (χ4n) is 2.58. The molecule has 1 aliphatic rings. The van der Waals surface area contributed by atoms with E-state index in [2.05, 4.69) is 33.5 Å². The van der Waals surface area contributed by atoms with Crippen molar-refractivity contribution in [3.8, 4) is 0 Å². The van der Waals surface area contributed by atoms with Crippen LogP contribution in [-0.4, -0.2) is 29.7 Å². The highest BCUT2D eigenvalue weighted by Gasteiger charge is 2.27. The highest BCUT2D eigenvalue weighted by Crippen LogP contribution is 2.28. The predicted molar refractivity (Wildman–Crippen MR) is 85.6 cm³/mol. The summed E-state index contributed by atoms with van der Waals surface area (Å²) in [5.74, 6) is 0.544. The van der Waals surface area contributed by atoms with Crippen LogP contribution in [0.3, 0.4) is 0 Å². The van der Waals surface area contributed by atoms with Gasteiger partial charge in [-0.05, 0) is 50.4 Å². The summed E-state index contributed by atoms with van der Waals surface area (Å²) in [4.78, 5) is 13.8. The SMILES string of the molecule is CC(C)(C)OC(=O)N1CCC(c2ccccc2P)CC1. The molecule has 1 fully saturated rings. The molecule has 4 heteroatoms. The fourth-order valence-corrected chi connectivity index (χ4v) is 3.03. The van der Waals surface area contributed by atoms with Gasteiger partial charge in [0.15, 0.2) is 0 Å². The Morgan fingerprint density at radius 1 is 1.25 bits per heavy atom. The molecule has 1 aliphatic heterocycles. The Morgan fingerprint density at radius 2 is 1.85 bits per heavy atom. The molecule has 110 valence electrons. The molecule has 0 radical (unpaired) electrons. The van der Waals surface area contributed by atoms with E-state index in [4.69, 9.17) is 4.74 Å². The van der Waals surface area contributed by atoms with Crippen LogP contribution in [-0.2, 0) is 4.74 Å². The summed E-state index contributed by atoms with van der Waals surface area (Å²) >= 11 is 0. The number of piperidine rings is 1. The third-order valence-electron chi connectivity index (χ3n) is 3.58. The van der Waals surface area contributed by atoms with E-state index in [1.807, 2.05) is 25.7 Å². The van der Waals surface area contributed by atoms with E-state index in [1.165, 1.54) is 10.9 Å². The number of ether oxygens (including phenoxy) is 1. The molecule has 1 unspecified atom stereocenters. The van der Waals surface area contributed by atoms with E-state index < -0.39 is 5.60 Å². The van der Waals surface area contributed by atoms with Gasteiger partial charge in [0.25, 0.3) is 0 Å². The topological polar surface area (TPSA) is 29.5 Å². The second-order valence-corrected chi connectivity index (χ2v) is 6.99. The van der Waals surface area contributed by atoms with Crippen LogP contribution in [0.2, 0.25) is 0 Å². The standard InChI is InChI=1S/C16H24NO2P/c1-16(2,3)19-15(18)17-10-8-12(9-11-17)13-6-4-5-7-14(13)20/h4-7,12H,8-11,20H2,1-3H3. The lowest BCUT2D eigenvalue weighted by atomic mass is 9.89. The van der Waals surface area contributed by atoms with Crippen molar-refractivity contribution in [3.63, 3.8) is 0 Å². The highest BCUT2D eigenvalue weighted by molar-refractivity contribution is 7.27. The molecule has 0 bridgehead atoms. The molecule has 3 nitrogen and oxygen atoms in total. The maximum Gasteiger partial charge on any atom is 0.410 e. The van der Waals surface area contributed by atoms with Crippen LogP contribution in [0.1, 0.15) is 45.1 Å². The molecule has 0 spiro atoms. The Labute approximate surface area is 123 Å². The number of nitrogens with zero attached hydrogens (tertiary/aromatic N) is 1. The molecule has 0 aliphatic carbocycles. The van der Waals surface area contributed by atoms with Crippen LogP contribution in [0.25, 0.3) is 0 Å². The first-order chi connectivity index (χ1) is 9.37. The van der Waals surface area contributed by atoms with Crippen LogP contribution in [0.15, 0.2) is 24.3 Å². The van der Waals surface area contributed by atoms with E-state index >= 15 is 0 Å². The average molecular weight is 293 g/mol. The Bertz CT molecular complexity index is 474. The van der Waals surface area contributed by atoms with Crippen molar-refractivity contribution >= 4 is 20.6 Å². The van der Waals surface area contributed by atoms with E-state index in [-0.39, 0.29) is 6.09 Å². The van der Waals surface area contributed by atoms with Crippen molar-refractivity contribution in [1.82, 2.24) is 4.90 Å². The molecule has 0 aromatic heterocycles. The highest BCUT2D eigenvalue weighted by atomic mass is 31.0. The van der Waals surface area contributed by atoms with Crippen LogP contribution in [0.4, 0.5) is 4.79 Å². The first-order valence-corrected chi connectivity index (χ1v) is 7.77. The molecule has 1 aromatic carbocycles. The van der Waals surface area contributed by atoms with Crippen LogP contribution >= 0.6 is 9.24 Å². The second kappa shape index (κ2) is 6.13. The molecular weight excluding hydrogens is 269 g/mol. The van der Waals surface area contributed by atoms with E-state index in [0.29, 0.717) is 5.92 Å². The van der Waals surface area contributed by atoms with Crippen LogP contribution < -0.4 is 5.30 Å². The summed E-state index contributed by atoms with van der Waals surface area (Å²) in [5.41, 5.74) is 0.974. The lowest BCUT2D eigenvalue weighted by Gasteiger charge is -2.34. The molecule has 2 rings (SSSR count). The van der Waals surface area contributed by atoms with Crippen molar-refractivity contribution in [1.29, 1.82) is 0 Å². The number of hydrogen-bond donors (Lipinski definition) is 0. The molecule has 1 amide bonds. The second-order valence-electron chi connectivity index (χ2n) is 6.37. The molecule has 1 atom stereocenters. The normalized spacial score (nSPS) is 17.1. The number of benzene rings is 1. The maximum atomic E-state index is 12.0. The first-order valence-electron chi connectivity index (χ1n) is 7.19. The van der Waals surface area contributed by atoms with Gasteiger partial charge in [0.2, 0.25) is 0 Å². The summed E-state index contributed by atoms with van der Waals surface area (Å²) < 4.78 is 5.42. The first kappa shape index (κ1) is 15.3. The van der Waals surface area contributed by atoms with Crippen molar-refractivity contribution < 1.29 is 9.53 Å². The number of carbonyl (C=O) groups excluding carboxylic acids is 1. The van der Waals surface area contributed by atoms with Crippen LogP contribution in [0.5, 0.6) is 0 Å². The predicted octanol–water partition coefficient (Wildman–Crippen LogP) is 3.30. The lowest BCUT2D eigenvalue weighted by Crippen LogP contribution is -2.41. The summed E-state index contributed by atoms with van der Waals surface area (Å²) in [6, 6.07) is 8.46. The Balaban J connectivity index is 1.93. The Morgan fingerprint density at radius 3 is 2.40 bits per heavy atom. The molecule has 1 heterocycles. The van der Waals surface area contributed by atoms with Crippen molar-refractivity contribution in [2.24, 2.45) is 0 Å². The largest absolute Gasteiger partial charge is 0.444 e. The van der Waals surface area contributed by atoms with Gasteiger partial charge < -0.3 is 9.64 Å². The minimum atomic E-state index is -0.416. The van der Waals surface area contributed by atoms with Gasteiger partial charge in [-0.15, -0.1) is 9.24 Å². The maximum absolute atomic E-state index is 12.0. The fraction of sp³-hybridized carbons (Fsp3) is 0.562. The minimum absolute atomic E-state index is 0.185. The Hall–Kier alpha value is -1.08. The van der Waals surface area contributed by atoms with Gasteiger partial charge in [-0.25, -0.2) is 4.79 Å². The quantitative estimate of drug-likeness (QED) is 0.744. The molecule has 1 aromatic rings. The van der Waals surface area contributed by atoms with Gasteiger partial charge in [-0.2, -0.15) is 0 Å². The molecular formula is C16H24NO2P. The van der Waals surface area contributed by atoms with Gasteiger partial charge in [-0.3, -0.25) is 0 Å². The number of hydrogen-bond acceptors (Lipinski definition) is 2. The molecule has 20 heavy (non-hydrogen) atoms. The monoisotopic (exact) mass is 293 g/mol. The third-order valence-corrected chi connectivity index (χ3v) is 4.11. The smallest absolute Gasteiger partial charge is 0.410 e. The third kappa shape index (κ3) is 3.96. The summed E-state index contributed by atoms with van der Waals surface area (Å²) in [7, 11) is 2.81. The van der Waals surface area contributed by atoms with E-state index in [9.17, 15) is 4.79 Å². The number of likely N-dealkylation sites (tertiary alicyclic amines) is 1. The van der Waals surface area contributed by atoms with Gasteiger partial charge in [-0.1, -0.05) is 24.3 Å². The number of rotatable bonds is 1. The van der Waals surface area contributed by atoms with Gasteiger partial charge in [0.1, 0.15) is 5.60 Å². The van der Waals surface area contributed by atoms with Gasteiger partial charge in [0.05, 0.1) is 0 Å². The van der Waals surface area contributed by atoms with Crippen LogP contribution in [0, 0.1) is 0 Å². The van der Waals surface area contributed by atoms with Gasteiger partial charge >= 0.3 is 6.09 Å². The summed E-state index contributed by atoms with van der Waals surface area (Å²) in [5, 5.41) is 1.27. The minimum Gasteiger partial charge on any atom is -0.444 e. The van der Waals surface area contributed by atoms with Gasteiger partial charge in [0, 0.05) is 13.1 Å². The average Bonchev–Trinajstić information content (AvgIpc) is 2.37. The zero-order valence-corrected chi connectivity index (χ0v) is 13.7. The molecule has 0 saturated carbocycles. The molecule has 1 saturated heterocycles. The molecule has 0 N–H and O–H groups in total. The van der Waals surface area contributed by atoms with E-state index in [0.717, 1.165) is 25.9 Å². The zero-order valence-electron chi connectivity index (χ0n) is 12.6. The Kier molecular flexibility index (Phi) is 4.70. The van der Waals surface area contributed by atoms with Crippen molar-refractivity contribution in [2.75, 3.05) is 13.1 Å². The van der Waals surface area contributed by atoms with E-state index in [1.54, 1.807) is 0 Å². The zero-order chi connectivity index (χ0) is 14.8. The summed E-state index contributed by atoms with van der Waals surface area (Å²) in [6.07, 6.45) is 1.82. The van der Waals surface area contributed by atoms with Crippen molar-refractivity contribution in [3.05, 3.63) is 29.8 Å². The summed E-state index contributed by atoms with van der Waals surface area (Å²) in [6.45, 7) is 7.27. The number of amides is 1. The lowest BCUT2D eigenvalue weighted by molar-refractivity contribution is 0.0205.